The Morgan fingerprint density at radius 1 is 1.14 bits per heavy atom. The zero-order valence-corrected chi connectivity index (χ0v) is 25.9. The summed E-state index contributed by atoms with van der Waals surface area (Å²) < 4.78 is 21.0. The lowest BCUT2D eigenvalue weighted by molar-refractivity contribution is -0.118. The van der Waals surface area contributed by atoms with Gasteiger partial charge in [-0.15, -0.1) is 11.3 Å². The maximum atomic E-state index is 14.5. The van der Waals surface area contributed by atoms with E-state index in [9.17, 15) is 19.1 Å². The van der Waals surface area contributed by atoms with Crippen molar-refractivity contribution in [1.82, 2.24) is 4.98 Å². The third kappa shape index (κ3) is 5.61. The second-order valence-corrected chi connectivity index (χ2v) is 13.1. The summed E-state index contributed by atoms with van der Waals surface area (Å²) in [6.07, 6.45) is 0.741. The van der Waals surface area contributed by atoms with Crippen LogP contribution in [0.25, 0.3) is 15.9 Å². The highest BCUT2D eigenvalue weighted by Crippen LogP contribution is 2.62. The Hall–Kier alpha value is -3.17. The number of Topliss-reactive ketones (excluding diaryl/α,β-unsaturated/α-hetero) is 1. The highest BCUT2D eigenvalue weighted by Gasteiger charge is 2.54. The van der Waals surface area contributed by atoms with Crippen molar-refractivity contribution in [2.75, 3.05) is 6.61 Å². The first-order valence-electron chi connectivity index (χ1n) is 13.0. The van der Waals surface area contributed by atoms with E-state index in [1.54, 1.807) is 44.2 Å². The lowest BCUT2D eigenvalue weighted by Gasteiger charge is -2.18. The van der Waals surface area contributed by atoms with Crippen LogP contribution in [0.3, 0.4) is 0 Å². The molecule has 0 bridgehead atoms. The number of hydrogen-bond acceptors (Lipinski definition) is 6. The summed E-state index contributed by atoms with van der Waals surface area (Å²) in [5.74, 6) is -1.95. The summed E-state index contributed by atoms with van der Waals surface area (Å²) in [5.41, 5.74) is 7.79. The Morgan fingerprint density at radius 3 is 2.45 bits per heavy atom. The van der Waals surface area contributed by atoms with Gasteiger partial charge in [-0.05, 0) is 48.4 Å². The summed E-state index contributed by atoms with van der Waals surface area (Å²) in [5, 5.41) is 11.1. The number of carbonyl (C=O) groups is 2. The van der Waals surface area contributed by atoms with E-state index in [0.29, 0.717) is 31.1 Å². The van der Waals surface area contributed by atoms with Gasteiger partial charge in [0.05, 0.1) is 36.6 Å². The molecule has 3 N–H and O–H groups in total. The van der Waals surface area contributed by atoms with E-state index in [-0.39, 0.29) is 52.0 Å². The molecule has 11 heteroatoms. The second-order valence-electron chi connectivity index (χ2n) is 10.8. The molecule has 0 spiro atoms. The summed E-state index contributed by atoms with van der Waals surface area (Å²) >= 11 is 20.7. The lowest BCUT2D eigenvalue weighted by Crippen LogP contribution is -2.21. The normalized spacial score (nSPS) is 18.7. The van der Waals surface area contributed by atoms with E-state index in [1.165, 1.54) is 17.4 Å². The quantitative estimate of drug-likeness (QED) is 0.177. The molecule has 0 aliphatic heterocycles. The number of nitrogens with two attached hydrogens (primary N) is 1. The maximum absolute atomic E-state index is 14.5. The molecule has 1 saturated carbocycles. The van der Waals surface area contributed by atoms with Crippen LogP contribution in [0, 0.1) is 11.7 Å². The summed E-state index contributed by atoms with van der Waals surface area (Å²) in [7, 11) is 0. The van der Waals surface area contributed by atoms with Crippen LogP contribution in [0.5, 0.6) is 5.75 Å². The molecule has 2 atom stereocenters. The number of fused-ring (bicyclic) bond motifs is 1. The lowest BCUT2D eigenvalue weighted by atomic mass is 9.95. The number of benzene rings is 3. The van der Waals surface area contributed by atoms with Crippen LogP contribution in [0.15, 0.2) is 54.1 Å². The average molecular weight is 648 g/mol. The standard InChI is InChI=1S/C31H26Cl3FN2O4S/c1-14(2)28(38)17(26(36)25-20(32)5-4-6-21(25)33)13-41-16-7-8-18(22(34)11-16)31(3)12-19(31)29-37-27-23(35)9-15(30(39)40)10-24(27)42-29/h4-11,14,19H,12-13,36H2,1-3H3,(H,39,40). The van der Waals surface area contributed by atoms with Gasteiger partial charge < -0.3 is 15.6 Å². The SMILES string of the molecule is CC(C)C(=O)C(COc1ccc(C2(C)CC2c2nc3c(F)cc(C(=O)O)cc3s2)c(Cl)c1)=C(N)c1c(Cl)cccc1Cl. The number of halogens is 4. The van der Waals surface area contributed by atoms with Crippen molar-refractivity contribution in [2.24, 2.45) is 11.7 Å². The van der Waals surface area contributed by atoms with Gasteiger partial charge in [-0.1, -0.05) is 67.7 Å². The molecule has 3 aromatic carbocycles. The molecule has 1 aromatic heterocycles. The van der Waals surface area contributed by atoms with Gasteiger partial charge in [0.15, 0.2) is 11.6 Å². The molecule has 218 valence electrons. The fraction of sp³-hybridized carbons (Fsp3) is 0.258. The number of ether oxygens (including phenoxy) is 1. The molecule has 0 saturated heterocycles. The number of aromatic nitrogens is 1. The third-order valence-electron chi connectivity index (χ3n) is 7.57. The summed E-state index contributed by atoms with van der Waals surface area (Å²) in [6.45, 7) is 5.48. The fourth-order valence-corrected chi connectivity index (χ4v) is 7.30. The monoisotopic (exact) mass is 646 g/mol. The first-order chi connectivity index (χ1) is 19.8. The second kappa shape index (κ2) is 11.5. The Bertz CT molecular complexity index is 1770. The van der Waals surface area contributed by atoms with Gasteiger partial charge >= 0.3 is 5.97 Å². The van der Waals surface area contributed by atoms with Crippen molar-refractivity contribution in [3.05, 3.63) is 96.7 Å². The molecule has 1 fully saturated rings. The molecule has 6 nitrogen and oxygen atoms in total. The largest absolute Gasteiger partial charge is 0.489 e. The minimum absolute atomic E-state index is 0.00906. The van der Waals surface area contributed by atoms with E-state index < -0.39 is 11.8 Å². The number of hydrogen-bond donors (Lipinski definition) is 2. The van der Waals surface area contributed by atoms with Gasteiger partial charge in [0.1, 0.15) is 17.9 Å². The van der Waals surface area contributed by atoms with Crippen LogP contribution < -0.4 is 10.5 Å². The fourth-order valence-electron chi connectivity index (χ4n) is 5.04. The molecule has 42 heavy (non-hydrogen) atoms. The molecule has 5 rings (SSSR count). The molecular formula is C31H26Cl3FN2O4S. The first-order valence-corrected chi connectivity index (χ1v) is 15.0. The van der Waals surface area contributed by atoms with Crippen molar-refractivity contribution < 1.29 is 23.8 Å². The van der Waals surface area contributed by atoms with E-state index in [4.69, 9.17) is 45.3 Å². The van der Waals surface area contributed by atoms with Crippen LogP contribution in [0.1, 0.15) is 59.6 Å². The zero-order valence-electron chi connectivity index (χ0n) is 22.8. The van der Waals surface area contributed by atoms with Crippen molar-refractivity contribution in [3.63, 3.8) is 0 Å². The number of aromatic carboxylic acids is 1. The molecule has 0 amide bonds. The third-order valence-corrected chi connectivity index (χ3v) is 9.62. The van der Waals surface area contributed by atoms with Crippen LogP contribution in [-0.2, 0) is 10.2 Å². The van der Waals surface area contributed by atoms with Gasteiger partial charge in [0, 0.05) is 27.8 Å². The zero-order chi connectivity index (χ0) is 30.5. The molecule has 2 unspecified atom stereocenters. The molecule has 1 aliphatic rings. The molecule has 0 radical (unpaired) electrons. The number of carboxylic acid groups (broad SMARTS) is 1. The Morgan fingerprint density at radius 2 is 1.83 bits per heavy atom. The van der Waals surface area contributed by atoms with Crippen molar-refractivity contribution in [3.8, 4) is 5.75 Å². The number of carboxylic acids is 1. The number of ketones is 1. The smallest absolute Gasteiger partial charge is 0.335 e. The Balaban J connectivity index is 1.38. The van der Waals surface area contributed by atoms with Crippen LogP contribution in [-0.4, -0.2) is 28.4 Å². The molecule has 1 heterocycles. The van der Waals surface area contributed by atoms with E-state index in [0.717, 1.165) is 23.1 Å². The summed E-state index contributed by atoms with van der Waals surface area (Å²) in [4.78, 5) is 28.9. The van der Waals surface area contributed by atoms with Crippen LogP contribution in [0.4, 0.5) is 4.39 Å². The average Bonchev–Trinajstić information content (AvgIpc) is 3.41. The van der Waals surface area contributed by atoms with Crippen LogP contribution >= 0.6 is 46.1 Å². The van der Waals surface area contributed by atoms with Crippen LogP contribution in [0.2, 0.25) is 15.1 Å². The molecule has 4 aromatic rings. The Kier molecular flexibility index (Phi) is 8.29. The summed E-state index contributed by atoms with van der Waals surface area (Å²) in [6, 6.07) is 12.8. The van der Waals surface area contributed by atoms with E-state index in [1.807, 2.05) is 6.07 Å². The number of nitrogens with zero attached hydrogens (tertiary/aromatic N) is 1. The number of thiazole rings is 1. The predicted molar refractivity (Wildman–Crippen MR) is 166 cm³/mol. The van der Waals surface area contributed by atoms with E-state index in [2.05, 4.69) is 11.9 Å². The van der Waals surface area contributed by atoms with Crippen molar-refractivity contribution in [2.45, 2.75) is 38.5 Å². The van der Waals surface area contributed by atoms with Gasteiger partial charge in [0.2, 0.25) is 0 Å². The van der Waals surface area contributed by atoms with Crippen molar-refractivity contribution in [1.29, 1.82) is 0 Å². The van der Waals surface area contributed by atoms with Gasteiger partial charge in [-0.25, -0.2) is 14.2 Å². The Labute approximate surface area is 260 Å². The highest BCUT2D eigenvalue weighted by molar-refractivity contribution is 7.18. The molecular weight excluding hydrogens is 622 g/mol. The first kappa shape index (κ1) is 30.3. The van der Waals surface area contributed by atoms with Gasteiger partial charge in [0.25, 0.3) is 0 Å². The topological polar surface area (TPSA) is 103 Å². The van der Waals surface area contributed by atoms with Gasteiger partial charge in [-0.3, -0.25) is 4.79 Å². The van der Waals surface area contributed by atoms with Crippen molar-refractivity contribution >= 4 is 73.8 Å². The number of rotatable bonds is 9. The maximum Gasteiger partial charge on any atom is 0.335 e. The highest BCUT2D eigenvalue weighted by atomic mass is 35.5. The molecule has 1 aliphatic carbocycles. The predicted octanol–water partition coefficient (Wildman–Crippen LogP) is 8.51. The number of carbonyl (C=O) groups excluding carboxylic acids is 1. The van der Waals surface area contributed by atoms with Gasteiger partial charge in [-0.2, -0.15) is 0 Å². The van der Waals surface area contributed by atoms with E-state index >= 15 is 0 Å². The minimum Gasteiger partial charge on any atom is -0.489 e. The minimum atomic E-state index is -1.19.